The lowest BCUT2D eigenvalue weighted by atomic mass is 10.1. The number of benzene rings is 1. The van der Waals surface area contributed by atoms with E-state index in [9.17, 15) is 5.11 Å². The zero-order valence-corrected chi connectivity index (χ0v) is 8.67. The first kappa shape index (κ1) is 9.93. The number of aromatic nitrogens is 2. The van der Waals surface area contributed by atoms with Gasteiger partial charge in [-0.15, -0.1) is 0 Å². The fourth-order valence-electron chi connectivity index (χ4n) is 1.48. The molecule has 0 saturated carbocycles. The minimum Gasteiger partial charge on any atom is -0.386 e. The van der Waals surface area contributed by atoms with E-state index in [1.807, 2.05) is 43.5 Å². The molecule has 0 bridgehead atoms. The molecule has 0 aliphatic heterocycles. The molecule has 1 N–H and O–H groups in total. The van der Waals surface area contributed by atoms with Crippen LogP contribution in [0.5, 0.6) is 0 Å². The topological polar surface area (TPSA) is 38.0 Å². The number of rotatable bonds is 3. The molecule has 1 unspecified atom stereocenters. The van der Waals surface area contributed by atoms with E-state index in [1.54, 1.807) is 10.9 Å². The van der Waals surface area contributed by atoms with E-state index in [4.69, 9.17) is 0 Å². The minimum absolute atomic E-state index is 0.495. The third-order valence-electron chi connectivity index (χ3n) is 2.38. The van der Waals surface area contributed by atoms with Gasteiger partial charge in [0.2, 0.25) is 0 Å². The maximum absolute atomic E-state index is 9.92. The van der Waals surface area contributed by atoms with Crippen LogP contribution in [0, 0.1) is 6.92 Å². The van der Waals surface area contributed by atoms with Gasteiger partial charge in [0.15, 0.2) is 0 Å². The third kappa shape index (κ3) is 2.44. The molecule has 78 valence electrons. The summed E-state index contributed by atoms with van der Waals surface area (Å²) in [7, 11) is 0. The van der Waals surface area contributed by atoms with Gasteiger partial charge in [0, 0.05) is 12.4 Å². The molecule has 15 heavy (non-hydrogen) atoms. The molecular formula is C12H14N2O. The summed E-state index contributed by atoms with van der Waals surface area (Å²) in [6, 6.07) is 9.75. The number of hydrogen-bond acceptors (Lipinski definition) is 2. The van der Waals surface area contributed by atoms with Crippen molar-refractivity contribution in [3.05, 3.63) is 53.9 Å². The second kappa shape index (κ2) is 4.28. The number of nitrogens with zero attached hydrogens (tertiary/aromatic N) is 2. The van der Waals surface area contributed by atoms with E-state index in [0.29, 0.717) is 6.54 Å². The average molecular weight is 202 g/mol. The molecule has 1 heterocycles. The van der Waals surface area contributed by atoms with Gasteiger partial charge in [-0.25, -0.2) is 0 Å². The van der Waals surface area contributed by atoms with Gasteiger partial charge in [-0.3, -0.25) is 4.68 Å². The van der Waals surface area contributed by atoms with Crippen molar-refractivity contribution in [2.45, 2.75) is 19.6 Å². The maximum Gasteiger partial charge on any atom is 0.0985 e. The van der Waals surface area contributed by atoms with Gasteiger partial charge < -0.3 is 5.11 Å². The molecule has 2 aromatic rings. The van der Waals surface area contributed by atoms with Gasteiger partial charge in [-0.1, -0.05) is 29.8 Å². The average Bonchev–Trinajstić information content (AvgIpc) is 2.71. The van der Waals surface area contributed by atoms with Crippen molar-refractivity contribution in [2.75, 3.05) is 0 Å². The van der Waals surface area contributed by atoms with Crippen LogP contribution in [-0.2, 0) is 6.54 Å². The van der Waals surface area contributed by atoms with Crippen LogP contribution in [0.4, 0.5) is 0 Å². The summed E-state index contributed by atoms with van der Waals surface area (Å²) < 4.78 is 1.73. The summed E-state index contributed by atoms with van der Waals surface area (Å²) in [5.74, 6) is 0. The van der Waals surface area contributed by atoms with Crippen LogP contribution in [0.2, 0.25) is 0 Å². The summed E-state index contributed by atoms with van der Waals surface area (Å²) in [6.07, 6.45) is 3.06. The first-order valence-electron chi connectivity index (χ1n) is 4.98. The lowest BCUT2D eigenvalue weighted by molar-refractivity contribution is 0.151. The van der Waals surface area contributed by atoms with E-state index in [-0.39, 0.29) is 0 Å². The Labute approximate surface area is 89.0 Å². The molecule has 1 atom stereocenters. The smallest absolute Gasteiger partial charge is 0.0985 e. The zero-order valence-electron chi connectivity index (χ0n) is 8.67. The number of aliphatic hydroxyl groups is 1. The molecule has 0 fully saturated rings. The van der Waals surface area contributed by atoms with E-state index >= 15 is 0 Å². The van der Waals surface area contributed by atoms with Crippen LogP contribution in [0.25, 0.3) is 0 Å². The maximum atomic E-state index is 9.92. The Morgan fingerprint density at radius 1 is 1.33 bits per heavy atom. The highest BCUT2D eigenvalue weighted by atomic mass is 16.3. The first-order chi connectivity index (χ1) is 7.25. The Hall–Kier alpha value is -1.61. The molecule has 3 nitrogen and oxygen atoms in total. The Kier molecular flexibility index (Phi) is 2.83. The Morgan fingerprint density at radius 3 is 2.67 bits per heavy atom. The normalized spacial score (nSPS) is 12.7. The van der Waals surface area contributed by atoms with E-state index in [1.165, 1.54) is 5.56 Å². The lowest BCUT2D eigenvalue weighted by Gasteiger charge is -2.11. The van der Waals surface area contributed by atoms with Crippen LogP contribution >= 0.6 is 0 Å². The third-order valence-corrected chi connectivity index (χ3v) is 2.38. The number of aliphatic hydroxyl groups excluding tert-OH is 1. The largest absolute Gasteiger partial charge is 0.386 e. The first-order valence-corrected chi connectivity index (χ1v) is 4.98. The van der Waals surface area contributed by atoms with Gasteiger partial charge in [-0.2, -0.15) is 5.10 Å². The van der Waals surface area contributed by atoms with E-state index in [2.05, 4.69) is 5.10 Å². The van der Waals surface area contributed by atoms with Crippen molar-refractivity contribution in [1.29, 1.82) is 0 Å². The van der Waals surface area contributed by atoms with Gasteiger partial charge in [0.1, 0.15) is 0 Å². The van der Waals surface area contributed by atoms with Crippen LogP contribution in [0.15, 0.2) is 42.7 Å². The highest BCUT2D eigenvalue weighted by Crippen LogP contribution is 2.15. The summed E-state index contributed by atoms with van der Waals surface area (Å²) >= 11 is 0. The summed E-state index contributed by atoms with van der Waals surface area (Å²) in [5.41, 5.74) is 2.13. The van der Waals surface area contributed by atoms with Gasteiger partial charge >= 0.3 is 0 Å². The quantitative estimate of drug-likeness (QED) is 0.825. The number of aryl methyl sites for hydroxylation is 1. The van der Waals surface area contributed by atoms with Crippen molar-refractivity contribution in [1.82, 2.24) is 9.78 Å². The molecule has 0 spiro atoms. The Balaban J connectivity index is 2.08. The molecule has 0 aliphatic rings. The fourth-order valence-corrected chi connectivity index (χ4v) is 1.48. The fraction of sp³-hybridized carbons (Fsp3) is 0.250. The van der Waals surface area contributed by atoms with Crippen molar-refractivity contribution >= 4 is 0 Å². The highest BCUT2D eigenvalue weighted by Gasteiger charge is 2.07. The van der Waals surface area contributed by atoms with Crippen molar-refractivity contribution < 1.29 is 5.11 Å². The van der Waals surface area contributed by atoms with Crippen molar-refractivity contribution in [3.8, 4) is 0 Å². The SMILES string of the molecule is Cc1ccc(C(O)Cn2cccn2)cc1. The Bertz CT molecular complexity index is 406. The molecular weight excluding hydrogens is 188 g/mol. The molecule has 1 aromatic carbocycles. The predicted molar refractivity (Wildman–Crippen MR) is 58.4 cm³/mol. The molecule has 2 rings (SSSR count). The van der Waals surface area contributed by atoms with Gasteiger partial charge in [0.25, 0.3) is 0 Å². The standard InChI is InChI=1S/C12H14N2O/c1-10-3-5-11(6-4-10)12(15)9-14-8-2-7-13-14/h2-8,12,15H,9H2,1H3. The zero-order chi connectivity index (χ0) is 10.7. The number of hydrogen-bond donors (Lipinski definition) is 1. The summed E-state index contributed by atoms with van der Waals surface area (Å²) in [6.45, 7) is 2.53. The predicted octanol–water partition coefficient (Wildman–Crippen LogP) is 1.93. The highest BCUT2D eigenvalue weighted by molar-refractivity contribution is 5.22. The monoisotopic (exact) mass is 202 g/mol. The minimum atomic E-state index is -0.495. The van der Waals surface area contributed by atoms with E-state index < -0.39 is 6.10 Å². The summed E-state index contributed by atoms with van der Waals surface area (Å²) in [5, 5.41) is 14.0. The second-order valence-corrected chi connectivity index (χ2v) is 3.65. The van der Waals surface area contributed by atoms with Gasteiger partial charge in [0.05, 0.1) is 12.6 Å². The van der Waals surface area contributed by atoms with E-state index in [0.717, 1.165) is 5.56 Å². The molecule has 0 aliphatic carbocycles. The van der Waals surface area contributed by atoms with Crippen LogP contribution < -0.4 is 0 Å². The second-order valence-electron chi connectivity index (χ2n) is 3.65. The van der Waals surface area contributed by atoms with Crippen LogP contribution in [0.3, 0.4) is 0 Å². The Morgan fingerprint density at radius 2 is 2.07 bits per heavy atom. The molecule has 0 saturated heterocycles. The molecule has 1 aromatic heterocycles. The molecule has 3 heteroatoms. The molecule has 0 amide bonds. The molecule has 0 radical (unpaired) electrons. The van der Waals surface area contributed by atoms with Crippen molar-refractivity contribution in [3.63, 3.8) is 0 Å². The van der Waals surface area contributed by atoms with Crippen molar-refractivity contribution in [2.24, 2.45) is 0 Å². The van der Waals surface area contributed by atoms with Gasteiger partial charge in [-0.05, 0) is 18.6 Å². The van der Waals surface area contributed by atoms with Crippen LogP contribution in [0.1, 0.15) is 17.2 Å². The van der Waals surface area contributed by atoms with Crippen LogP contribution in [-0.4, -0.2) is 14.9 Å². The summed E-state index contributed by atoms with van der Waals surface area (Å²) in [4.78, 5) is 0. The lowest BCUT2D eigenvalue weighted by Crippen LogP contribution is -2.08.